The molecule has 0 aromatic heterocycles. The summed E-state index contributed by atoms with van der Waals surface area (Å²) in [4.78, 5) is 38.0. The summed E-state index contributed by atoms with van der Waals surface area (Å²) in [6.45, 7) is 7.01. The molecule has 1 aromatic rings. The summed E-state index contributed by atoms with van der Waals surface area (Å²) in [7, 11) is 0. The highest BCUT2D eigenvalue weighted by Crippen LogP contribution is 2.21. The molecule has 2 rings (SSSR count). The molecule has 0 bridgehead atoms. The van der Waals surface area contributed by atoms with Crippen LogP contribution in [-0.4, -0.2) is 35.7 Å². The first kappa shape index (κ1) is 20.9. The summed E-state index contributed by atoms with van der Waals surface area (Å²) in [6.07, 6.45) is 3.50. The van der Waals surface area contributed by atoms with Gasteiger partial charge in [-0.3, -0.25) is 14.4 Å². The molecule has 0 aliphatic carbocycles. The van der Waals surface area contributed by atoms with E-state index in [9.17, 15) is 14.4 Å². The van der Waals surface area contributed by atoms with Gasteiger partial charge in [-0.25, -0.2) is 0 Å². The third-order valence-electron chi connectivity index (χ3n) is 4.98. The summed E-state index contributed by atoms with van der Waals surface area (Å²) >= 11 is 0. The Labute approximate surface area is 161 Å². The lowest BCUT2D eigenvalue weighted by atomic mass is 9.96. The Morgan fingerprint density at radius 3 is 2.52 bits per heavy atom. The number of nitrogens with zero attached hydrogens (tertiary/aromatic N) is 1. The second kappa shape index (κ2) is 10.1. The van der Waals surface area contributed by atoms with Gasteiger partial charge in [0.2, 0.25) is 17.7 Å². The summed E-state index contributed by atoms with van der Waals surface area (Å²) in [6, 6.07) is 7.38. The first-order chi connectivity index (χ1) is 12.9. The maximum absolute atomic E-state index is 12.7. The van der Waals surface area contributed by atoms with Gasteiger partial charge in [0.25, 0.3) is 0 Å². The number of carbonyl (C=O) groups is 3. The van der Waals surface area contributed by atoms with Gasteiger partial charge >= 0.3 is 0 Å². The van der Waals surface area contributed by atoms with Crippen LogP contribution in [0.3, 0.4) is 0 Å². The topological polar surface area (TPSA) is 78.5 Å². The molecule has 0 spiro atoms. The molecule has 6 heteroatoms. The van der Waals surface area contributed by atoms with Crippen LogP contribution in [0.2, 0.25) is 0 Å². The average Bonchev–Trinajstić information content (AvgIpc) is 2.68. The van der Waals surface area contributed by atoms with E-state index in [0.717, 1.165) is 37.1 Å². The fourth-order valence-electron chi connectivity index (χ4n) is 3.31. The molecular weight excluding hydrogens is 342 g/mol. The lowest BCUT2D eigenvalue weighted by Crippen LogP contribution is -2.45. The van der Waals surface area contributed by atoms with Crippen molar-refractivity contribution < 1.29 is 14.4 Å². The predicted octanol–water partition coefficient (Wildman–Crippen LogP) is 3.25. The van der Waals surface area contributed by atoms with E-state index in [-0.39, 0.29) is 29.7 Å². The van der Waals surface area contributed by atoms with Gasteiger partial charge in [-0.15, -0.1) is 0 Å². The largest absolute Gasteiger partial charge is 0.349 e. The smallest absolute Gasteiger partial charge is 0.225 e. The van der Waals surface area contributed by atoms with Crippen molar-refractivity contribution in [2.45, 2.75) is 58.9 Å². The number of piperidine rings is 1. The van der Waals surface area contributed by atoms with Crippen LogP contribution in [0.15, 0.2) is 24.3 Å². The number of amides is 3. The lowest BCUT2D eigenvalue weighted by molar-refractivity contribution is -0.136. The van der Waals surface area contributed by atoms with E-state index in [2.05, 4.69) is 10.6 Å². The van der Waals surface area contributed by atoms with Crippen LogP contribution in [0.1, 0.15) is 64.5 Å². The quantitative estimate of drug-likeness (QED) is 0.770. The maximum Gasteiger partial charge on any atom is 0.225 e. The highest BCUT2D eigenvalue weighted by Gasteiger charge is 2.28. The van der Waals surface area contributed by atoms with E-state index >= 15 is 0 Å². The van der Waals surface area contributed by atoms with E-state index in [4.69, 9.17) is 0 Å². The molecule has 148 valence electrons. The van der Waals surface area contributed by atoms with Crippen LogP contribution in [0.4, 0.5) is 5.69 Å². The standard InChI is InChI=1S/C21H31N3O3/c1-4-7-20(26)24-13-6-8-17(14-24)21(27)22-15(3)16-9-11-18(12-10-16)23-19(25)5-2/h9-12,15,17H,4-8,13-14H2,1-3H3,(H,22,27)(H,23,25)/t15-,17-/m0/s1. The van der Waals surface area contributed by atoms with Gasteiger partial charge in [0.15, 0.2) is 0 Å². The van der Waals surface area contributed by atoms with Crippen LogP contribution in [0.5, 0.6) is 0 Å². The van der Waals surface area contributed by atoms with Gasteiger partial charge in [-0.05, 0) is 43.9 Å². The van der Waals surface area contributed by atoms with Crippen molar-refractivity contribution in [1.29, 1.82) is 0 Å². The second-order valence-electron chi connectivity index (χ2n) is 7.18. The van der Waals surface area contributed by atoms with Gasteiger partial charge in [-0.1, -0.05) is 26.0 Å². The number of likely N-dealkylation sites (tertiary alicyclic amines) is 1. The molecule has 0 saturated carbocycles. The molecule has 1 heterocycles. The molecule has 1 aliphatic rings. The number of hydrogen-bond acceptors (Lipinski definition) is 3. The highest BCUT2D eigenvalue weighted by atomic mass is 16.2. The van der Waals surface area contributed by atoms with Crippen molar-refractivity contribution >= 4 is 23.4 Å². The normalized spacial score (nSPS) is 17.9. The second-order valence-corrected chi connectivity index (χ2v) is 7.18. The number of carbonyl (C=O) groups excluding carboxylic acids is 3. The van der Waals surface area contributed by atoms with E-state index in [1.807, 2.05) is 49.9 Å². The third-order valence-corrected chi connectivity index (χ3v) is 4.98. The van der Waals surface area contributed by atoms with Gasteiger partial charge in [-0.2, -0.15) is 0 Å². The van der Waals surface area contributed by atoms with Crippen LogP contribution in [-0.2, 0) is 14.4 Å². The Bertz CT molecular complexity index is 657. The fraction of sp³-hybridized carbons (Fsp3) is 0.571. The molecule has 2 N–H and O–H groups in total. The Hall–Kier alpha value is -2.37. The lowest BCUT2D eigenvalue weighted by Gasteiger charge is -2.32. The predicted molar refractivity (Wildman–Crippen MR) is 106 cm³/mol. The minimum atomic E-state index is -0.148. The van der Waals surface area contributed by atoms with E-state index in [1.165, 1.54) is 0 Å². The average molecular weight is 373 g/mol. The van der Waals surface area contributed by atoms with Crippen LogP contribution in [0.25, 0.3) is 0 Å². The molecule has 1 aromatic carbocycles. The Balaban J connectivity index is 1.90. The molecular formula is C21H31N3O3. The SMILES string of the molecule is CCCC(=O)N1CCC[C@H](C(=O)N[C@@H](C)c2ccc(NC(=O)CC)cc2)C1. The van der Waals surface area contributed by atoms with Crippen LogP contribution >= 0.6 is 0 Å². The molecule has 1 saturated heterocycles. The summed E-state index contributed by atoms with van der Waals surface area (Å²) in [5.41, 5.74) is 1.73. The first-order valence-electron chi connectivity index (χ1n) is 9.92. The highest BCUT2D eigenvalue weighted by molar-refractivity contribution is 5.90. The number of rotatable bonds is 7. The molecule has 3 amide bonds. The Morgan fingerprint density at radius 1 is 1.19 bits per heavy atom. The van der Waals surface area contributed by atoms with Crippen LogP contribution in [0, 0.1) is 5.92 Å². The van der Waals surface area contributed by atoms with Crippen LogP contribution < -0.4 is 10.6 Å². The van der Waals surface area contributed by atoms with Crippen molar-refractivity contribution in [3.8, 4) is 0 Å². The van der Waals surface area contributed by atoms with Gasteiger partial charge in [0.1, 0.15) is 0 Å². The molecule has 0 unspecified atom stereocenters. The van der Waals surface area contributed by atoms with Crippen molar-refractivity contribution in [1.82, 2.24) is 10.2 Å². The summed E-state index contributed by atoms with van der Waals surface area (Å²) in [5.74, 6) is -0.0266. The molecule has 27 heavy (non-hydrogen) atoms. The molecule has 0 radical (unpaired) electrons. The van der Waals surface area contributed by atoms with Gasteiger partial charge < -0.3 is 15.5 Å². The van der Waals surface area contributed by atoms with E-state index in [0.29, 0.717) is 19.4 Å². The van der Waals surface area contributed by atoms with E-state index < -0.39 is 0 Å². The summed E-state index contributed by atoms with van der Waals surface area (Å²) < 4.78 is 0. The number of anilines is 1. The minimum Gasteiger partial charge on any atom is -0.349 e. The molecule has 1 fully saturated rings. The van der Waals surface area contributed by atoms with Gasteiger partial charge in [0, 0.05) is 31.6 Å². The van der Waals surface area contributed by atoms with Crippen molar-refractivity contribution in [3.63, 3.8) is 0 Å². The van der Waals surface area contributed by atoms with Crippen molar-refractivity contribution in [2.24, 2.45) is 5.92 Å². The zero-order chi connectivity index (χ0) is 19.8. The third kappa shape index (κ3) is 6.08. The number of benzene rings is 1. The number of nitrogens with one attached hydrogen (secondary N) is 2. The zero-order valence-corrected chi connectivity index (χ0v) is 16.6. The maximum atomic E-state index is 12.7. The first-order valence-corrected chi connectivity index (χ1v) is 9.92. The van der Waals surface area contributed by atoms with Gasteiger partial charge in [0.05, 0.1) is 12.0 Å². The monoisotopic (exact) mass is 373 g/mol. The van der Waals surface area contributed by atoms with Crippen molar-refractivity contribution in [2.75, 3.05) is 18.4 Å². The Kier molecular flexibility index (Phi) is 7.82. The molecule has 2 atom stereocenters. The van der Waals surface area contributed by atoms with Crippen molar-refractivity contribution in [3.05, 3.63) is 29.8 Å². The minimum absolute atomic E-state index is 0.000129. The molecule has 6 nitrogen and oxygen atoms in total. The molecule has 1 aliphatic heterocycles. The fourth-order valence-corrected chi connectivity index (χ4v) is 3.31. The van der Waals surface area contributed by atoms with E-state index in [1.54, 1.807) is 0 Å². The summed E-state index contributed by atoms with van der Waals surface area (Å²) in [5, 5.41) is 5.88. The number of hydrogen-bond donors (Lipinski definition) is 2. The zero-order valence-electron chi connectivity index (χ0n) is 16.6. The Morgan fingerprint density at radius 2 is 1.89 bits per heavy atom.